The number of carbonyl (C=O) groups excluding carboxylic acids is 1. The molecule has 0 unspecified atom stereocenters. The maximum Gasteiger partial charge on any atom is 0.193 e. The zero-order chi connectivity index (χ0) is 21.7. The average molecular weight is 421 g/mol. The molecule has 0 N–H and O–H groups in total. The molecule has 2 aromatic carbocycles. The molecule has 0 aliphatic rings. The predicted molar refractivity (Wildman–Crippen MR) is 121 cm³/mol. The number of nitrogens with zero attached hydrogens (tertiary/aromatic N) is 4. The van der Waals surface area contributed by atoms with Crippen molar-refractivity contribution in [2.75, 3.05) is 6.61 Å². The minimum absolute atomic E-state index is 0.00761. The summed E-state index contributed by atoms with van der Waals surface area (Å²) in [5.74, 6) is 1.21. The Morgan fingerprint density at radius 3 is 2.42 bits per heavy atom. The maximum absolute atomic E-state index is 12.2. The summed E-state index contributed by atoms with van der Waals surface area (Å²) in [5, 5.41) is 12.3. The molecule has 164 valence electrons. The van der Waals surface area contributed by atoms with Crippen LogP contribution in [0.4, 0.5) is 0 Å². The number of aromatic nitrogens is 4. The van der Waals surface area contributed by atoms with Crippen LogP contribution in [0.1, 0.15) is 62.4 Å². The Bertz CT molecular complexity index is 907. The molecule has 1 heterocycles. The zero-order valence-corrected chi connectivity index (χ0v) is 18.4. The van der Waals surface area contributed by atoms with Crippen molar-refractivity contribution in [2.45, 2.75) is 64.8 Å². The molecular weight excluding hydrogens is 388 g/mol. The second-order valence-corrected chi connectivity index (χ2v) is 7.89. The standard InChI is InChI=1S/C25H32N4O2/c1-2-3-4-5-6-8-11-21-14-16-24(17-15-21)31-20-23(30)19-29-27-25(26-28-29)18-22-12-9-7-10-13-22/h7,9-10,12-17H,2-6,8,11,18-20H2,1H3. The van der Waals surface area contributed by atoms with Gasteiger partial charge in [0.05, 0.1) is 0 Å². The highest BCUT2D eigenvalue weighted by Crippen LogP contribution is 2.15. The first kappa shape index (κ1) is 22.7. The summed E-state index contributed by atoms with van der Waals surface area (Å²) >= 11 is 0. The summed E-state index contributed by atoms with van der Waals surface area (Å²) in [6.07, 6.45) is 9.49. The van der Waals surface area contributed by atoms with Gasteiger partial charge in [-0.25, -0.2) is 0 Å². The summed E-state index contributed by atoms with van der Waals surface area (Å²) in [6, 6.07) is 18.0. The van der Waals surface area contributed by atoms with E-state index in [1.165, 1.54) is 48.9 Å². The number of ether oxygens (including phenoxy) is 1. The largest absolute Gasteiger partial charge is 0.486 e. The maximum atomic E-state index is 12.2. The Morgan fingerprint density at radius 1 is 0.903 bits per heavy atom. The van der Waals surface area contributed by atoms with Gasteiger partial charge in [-0.3, -0.25) is 4.79 Å². The highest BCUT2D eigenvalue weighted by Gasteiger charge is 2.09. The fourth-order valence-corrected chi connectivity index (χ4v) is 3.42. The molecule has 0 saturated heterocycles. The first-order valence-corrected chi connectivity index (χ1v) is 11.3. The van der Waals surface area contributed by atoms with E-state index in [0.717, 1.165) is 12.0 Å². The summed E-state index contributed by atoms with van der Waals surface area (Å²) in [7, 11) is 0. The minimum Gasteiger partial charge on any atom is -0.486 e. The number of benzene rings is 2. The highest BCUT2D eigenvalue weighted by molar-refractivity contribution is 5.79. The van der Waals surface area contributed by atoms with Gasteiger partial charge in [-0.1, -0.05) is 81.5 Å². The first-order valence-electron chi connectivity index (χ1n) is 11.3. The van der Waals surface area contributed by atoms with Crippen LogP contribution >= 0.6 is 0 Å². The second-order valence-electron chi connectivity index (χ2n) is 7.89. The van der Waals surface area contributed by atoms with E-state index in [1.54, 1.807) is 0 Å². The van der Waals surface area contributed by atoms with Crippen molar-refractivity contribution in [3.05, 3.63) is 71.5 Å². The van der Waals surface area contributed by atoms with Crippen LogP contribution in [0.25, 0.3) is 0 Å². The lowest BCUT2D eigenvalue weighted by Gasteiger charge is -2.07. The molecule has 6 nitrogen and oxygen atoms in total. The summed E-state index contributed by atoms with van der Waals surface area (Å²) in [5.41, 5.74) is 2.42. The van der Waals surface area contributed by atoms with Crippen LogP contribution in [0.5, 0.6) is 5.75 Å². The third-order valence-electron chi connectivity index (χ3n) is 5.16. The van der Waals surface area contributed by atoms with Crippen LogP contribution in [0, 0.1) is 0 Å². The molecule has 0 atom stereocenters. The van der Waals surface area contributed by atoms with Crippen molar-refractivity contribution in [1.29, 1.82) is 0 Å². The van der Waals surface area contributed by atoms with E-state index in [4.69, 9.17) is 4.74 Å². The Morgan fingerprint density at radius 2 is 1.65 bits per heavy atom. The molecule has 3 rings (SSSR count). The Kier molecular flexibility index (Phi) is 9.23. The number of Topliss-reactive ketones (excluding diaryl/α,β-unsaturated/α-hetero) is 1. The smallest absolute Gasteiger partial charge is 0.193 e. The minimum atomic E-state index is -0.0974. The average Bonchev–Trinajstić information content (AvgIpc) is 3.22. The van der Waals surface area contributed by atoms with Crippen molar-refractivity contribution in [1.82, 2.24) is 20.2 Å². The summed E-state index contributed by atoms with van der Waals surface area (Å²) in [6.45, 7) is 2.29. The van der Waals surface area contributed by atoms with Crippen molar-refractivity contribution >= 4 is 5.78 Å². The molecule has 0 aliphatic carbocycles. The van der Waals surface area contributed by atoms with Gasteiger partial charge in [0.2, 0.25) is 0 Å². The molecule has 0 fully saturated rings. The normalized spacial score (nSPS) is 10.9. The number of rotatable bonds is 14. The fraction of sp³-hybridized carbons (Fsp3) is 0.440. The molecule has 6 heteroatoms. The number of ketones is 1. The van der Waals surface area contributed by atoms with Crippen molar-refractivity contribution < 1.29 is 9.53 Å². The van der Waals surface area contributed by atoms with Gasteiger partial charge in [-0.05, 0) is 41.3 Å². The highest BCUT2D eigenvalue weighted by atomic mass is 16.5. The molecule has 0 radical (unpaired) electrons. The third kappa shape index (κ3) is 8.32. The van der Waals surface area contributed by atoms with Crippen LogP contribution in [0.3, 0.4) is 0 Å². The summed E-state index contributed by atoms with van der Waals surface area (Å²) in [4.78, 5) is 13.5. The number of unbranched alkanes of at least 4 members (excludes halogenated alkanes) is 5. The molecule has 1 aromatic heterocycles. The molecule has 0 spiro atoms. The Hall–Kier alpha value is -3.02. The topological polar surface area (TPSA) is 69.9 Å². The number of hydrogen-bond acceptors (Lipinski definition) is 5. The zero-order valence-electron chi connectivity index (χ0n) is 18.4. The Labute approximate surface area is 184 Å². The molecule has 0 saturated carbocycles. The number of hydrogen-bond donors (Lipinski definition) is 0. The van der Waals surface area contributed by atoms with E-state index in [1.807, 2.05) is 42.5 Å². The van der Waals surface area contributed by atoms with Crippen molar-refractivity contribution in [2.24, 2.45) is 0 Å². The molecule has 31 heavy (non-hydrogen) atoms. The van der Waals surface area contributed by atoms with Gasteiger partial charge >= 0.3 is 0 Å². The Balaban J connectivity index is 1.36. The monoisotopic (exact) mass is 420 g/mol. The molecule has 0 bridgehead atoms. The van der Waals surface area contributed by atoms with Crippen LogP contribution in [0.2, 0.25) is 0 Å². The van der Waals surface area contributed by atoms with Crippen LogP contribution in [-0.2, 0) is 24.2 Å². The fourth-order valence-electron chi connectivity index (χ4n) is 3.42. The molecule has 0 amide bonds. The van der Waals surface area contributed by atoms with Gasteiger partial charge in [0.15, 0.2) is 11.6 Å². The van der Waals surface area contributed by atoms with Gasteiger partial charge in [-0.2, -0.15) is 4.80 Å². The van der Waals surface area contributed by atoms with Gasteiger partial charge < -0.3 is 4.74 Å². The van der Waals surface area contributed by atoms with Gasteiger partial charge in [-0.15, -0.1) is 10.2 Å². The van der Waals surface area contributed by atoms with E-state index in [-0.39, 0.29) is 18.9 Å². The first-order chi connectivity index (χ1) is 15.2. The lowest BCUT2D eigenvalue weighted by molar-refractivity contribution is -0.122. The van der Waals surface area contributed by atoms with Gasteiger partial charge in [0.25, 0.3) is 0 Å². The predicted octanol–water partition coefficient (Wildman–Crippen LogP) is 4.82. The van der Waals surface area contributed by atoms with Gasteiger partial charge in [0, 0.05) is 6.42 Å². The lowest BCUT2D eigenvalue weighted by Crippen LogP contribution is -2.19. The van der Waals surface area contributed by atoms with Crippen molar-refractivity contribution in [3.63, 3.8) is 0 Å². The van der Waals surface area contributed by atoms with Gasteiger partial charge in [0.1, 0.15) is 18.9 Å². The number of tetrazole rings is 1. The number of aryl methyl sites for hydroxylation is 1. The third-order valence-corrected chi connectivity index (χ3v) is 5.16. The number of carbonyl (C=O) groups is 1. The quantitative estimate of drug-likeness (QED) is 0.350. The molecular formula is C25H32N4O2. The van der Waals surface area contributed by atoms with Crippen LogP contribution < -0.4 is 4.74 Å². The lowest BCUT2D eigenvalue weighted by atomic mass is 10.0. The van der Waals surface area contributed by atoms with E-state index < -0.39 is 0 Å². The van der Waals surface area contributed by atoms with E-state index in [2.05, 4.69) is 34.5 Å². The molecule has 0 aliphatic heterocycles. The SMILES string of the molecule is CCCCCCCCc1ccc(OCC(=O)Cn2nnc(Cc3ccccc3)n2)cc1. The summed E-state index contributed by atoms with van der Waals surface area (Å²) < 4.78 is 5.63. The van der Waals surface area contributed by atoms with Crippen LogP contribution in [-0.4, -0.2) is 32.6 Å². The van der Waals surface area contributed by atoms with E-state index in [0.29, 0.717) is 18.0 Å². The second kappa shape index (κ2) is 12.6. The molecule has 3 aromatic rings. The van der Waals surface area contributed by atoms with E-state index >= 15 is 0 Å². The van der Waals surface area contributed by atoms with Crippen LogP contribution in [0.15, 0.2) is 54.6 Å². The van der Waals surface area contributed by atoms with Crippen molar-refractivity contribution in [3.8, 4) is 5.75 Å². The van der Waals surface area contributed by atoms with E-state index in [9.17, 15) is 4.79 Å².